The first kappa shape index (κ1) is 16.9. The van der Waals surface area contributed by atoms with Crippen molar-refractivity contribution in [1.29, 1.82) is 0 Å². The van der Waals surface area contributed by atoms with Crippen molar-refractivity contribution in [2.24, 2.45) is 14.1 Å². The van der Waals surface area contributed by atoms with E-state index >= 15 is 0 Å². The van der Waals surface area contributed by atoms with E-state index in [4.69, 9.17) is 0 Å². The quantitative estimate of drug-likeness (QED) is 0.406. The van der Waals surface area contributed by atoms with Gasteiger partial charge in [-0.05, 0) is 30.3 Å². The fourth-order valence-corrected chi connectivity index (χ4v) is 3.38. The SMILES string of the molecule is Cn1c(=O)c(=O)n(C)c2cc([N+](=O)[O-])c(Sc3ccc(F)cc3)cc21. The summed E-state index contributed by atoms with van der Waals surface area (Å²) >= 11 is 1.08. The second kappa shape index (κ2) is 6.17. The molecule has 0 unspecified atom stereocenters. The summed E-state index contributed by atoms with van der Waals surface area (Å²) in [6.07, 6.45) is 0. The molecular weight excluding hydrogens is 349 g/mol. The second-order valence-corrected chi connectivity index (χ2v) is 6.47. The standard InChI is InChI=1S/C16H12FN3O4S/c1-18-11-7-13(20(23)24)14(25-10-5-3-9(17)4-6-10)8-12(11)19(2)16(22)15(18)21/h3-8H,1-2H3. The van der Waals surface area contributed by atoms with Gasteiger partial charge in [-0.2, -0.15) is 0 Å². The first-order valence-corrected chi connectivity index (χ1v) is 7.93. The predicted molar refractivity (Wildman–Crippen MR) is 91.6 cm³/mol. The van der Waals surface area contributed by atoms with E-state index in [1.54, 1.807) is 0 Å². The van der Waals surface area contributed by atoms with Crippen LogP contribution in [-0.2, 0) is 14.1 Å². The summed E-state index contributed by atoms with van der Waals surface area (Å²) in [5.74, 6) is -0.408. The van der Waals surface area contributed by atoms with Gasteiger partial charge in [-0.3, -0.25) is 19.7 Å². The number of hydrogen-bond donors (Lipinski definition) is 0. The van der Waals surface area contributed by atoms with Gasteiger partial charge in [0.05, 0.1) is 20.9 Å². The Labute approximate surface area is 144 Å². The Morgan fingerprint density at radius 3 is 2.04 bits per heavy atom. The predicted octanol–water partition coefficient (Wildman–Crippen LogP) is 2.44. The van der Waals surface area contributed by atoms with Crippen molar-refractivity contribution >= 4 is 28.5 Å². The number of fused-ring (bicyclic) bond motifs is 1. The molecule has 3 aromatic rings. The lowest BCUT2D eigenvalue weighted by Crippen LogP contribution is -2.39. The van der Waals surface area contributed by atoms with Crippen LogP contribution >= 0.6 is 11.8 Å². The maximum Gasteiger partial charge on any atom is 0.316 e. The highest BCUT2D eigenvalue weighted by molar-refractivity contribution is 7.99. The van der Waals surface area contributed by atoms with Crippen molar-refractivity contribution in [3.63, 3.8) is 0 Å². The van der Waals surface area contributed by atoms with Crippen molar-refractivity contribution in [1.82, 2.24) is 9.13 Å². The van der Waals surface area contributed by atoms with Gasteiger partial charge in [-0.1, -0.05) is 11.8 Å². The molecule has 1 heterocycles. The summed E-state index contributed by atoms with van der Waals surface area (Å²) in [7, 11) is 2.83. The van der Waals surface area contributed by atoms with E-state index in [1.807, 2.05) is 0 Å². The van der Waals surface area contributed by atoms with Crippen LogP contribution in [0.5, 0.6) is 0 Å². The van der Waals surface area contributed by atoms with Gasteiger partial charge in [0, 0.05) is 25.1 Å². The highest BCUT2D eigenvalue weighted by atomic mass is 32.2. The number of nitrogens with zero attached hydrogens (tertiary/aromatic N) is 3. The average Bonchev–Trinajstić information content (AvgIpc) is 2.59. The molecule has 0 aliphatic rings. The molecule has 0 saturated carbocycles. The number of nitro groups is 1. The average molecular weight is 361 g/mol. The summed E-state index contributed by atoms with van der Waals surface area (Å²) in [6, 6.07) is 8.29. The van der Waals surface area contributed by atoms with Crippen molar-refractivity contribution in [2.45, 2.75) is 9.79 Å². The van der Waals surface area contributed by atoms with Crippen molar-refractivity contribution in [2.75, 3.05) is 0 Å². The summed E-state index contributed by atoms with van der Waals surface area (Å²) in [5.41, 5.74) is -1.01. The fourth-order valence-electron chi connectivity index (χ4n) is 2.44. The van der Waals surface area contributed by atoms with Crippen LogP contribution in [0.25, 0.3) is 11.0 Å². The smallest absolute Gasteiger partial charge is 0.305 e. The van der Waals surface area contributed by atoms with Crippen LogP contribution in [0, 0.1) is 15.9 Å². The van der Waals surface area contributed by atoms with E-state index < -0.39 is 21.9 Å². The normalized spacial score (nSPS) is 11.0. The number of benzene rings is 2. The lowest BCUT2D eigenvalue weighted by Gasteiger charge is -2.11. The summed E-state index contributed by atoms with van der Waals surface area (Å²) in [5, 5.41) is 11.4. The van der Waals surface area contributed by atoms with Crippen LogP contribution in [0.15, 0.2) is 55.8 Å². The molecule has 25 heavy (non-hydrogen) atoms. The van der Waals surface area contributed by atoms with Gasteiger partial charge < -0.3 is 9.13 Å². The van der Waals surface area contributed by atoms with Crippen molar-refractivity contribution in [3.05, 3.63) is 73.0 Å². The van der Waals surface area contributed by atoms with E-state index in [0.717, 1.165) is 20.9 Å². The highest BCUT2D eigenvalue weighted by Crippen LogP contribution is 2.37. The molecule has 9 heteroatoms. The molecule has 0 aliphatic heterocycles. The first-order valence-electron chi connectivity index (χ1n) is 7.11. The van der Waals surface area contributed by atoms with Crippen LogP contribution < -0.4 is 11.1 Å². The molecule has 0 N–H and O–H groups in total. The van der Waals surface area contributed by atoms with E-state index in [2.05, 4.69) is 0 Å². The molecule has 0 bridgehead atoms. The number of aryl methyl sites for hydroxylation is 2. The second-order valence-electron chi connectivity index (χ2n) is 5.35. The van der Waals surface area contributed by atoms with Crippen molar-refractivity contribution in [3.8, 4) is 0 Å². The van der Waals surface area contributed by atoms with Gasteiger partial charge in [-0.25, -0.2) is 4.39 Å². The molecule has 2 aromatic carbocycles. The van der Waals surface area contributed by atoms with E-state index in [1.165, 1.54) is 50.5 Å². The van der Waals surface area contributed by atoms with Gasteiger partial charge in [0.2, 0.25) is 0 Å². The van der Waals surface area contributed by atoms with E-state index in [-0.39, 0.29) is 16.1 Å². The zero-order chi connectivity index (χ0) is 18.3. The summed E-state index contributed by atoms with van der Waals surface area (Å²) in [4.78, 5) is 35.7. The molecule has 1 aromatic heterocycles. The van der Waals surface area contributed by atoms with Crippen LogP contribution in [-0.4, -0.2) is 14.1 Å². The minimum Gasteiger partial charge on any atom is -0.305 e. The Hall–Kier alpha value is -2.94. The van der Waals surface area contributed by atoms with Gasteiger partial charge >= 0.3 is 11.1 Å². The molecule has 0 radical (unpaired) electrons. The first-order chi connectivity index (χ1) is 11.8. The van der Waals surface area contributed by atoms with E-state index in [0.29, 0.717) is 10.4 Å². The monoisotopic (exact) mass is 361 g/mol. The zero-order valence-corrected chi connectivity index (χ0v) is 14.0. The summed E-state index contributed by atoms with van der Waals surface area (Å²) in [6.45, 7) is 0. The maximum atomic E-state index is 13.0. The molecule has 0 atom stereocenters. The number of nitro benzene ring substituents is 1. The molecule has 7 nitrogen and oxygen atoms in total. The molecule has 0 spiro atoms. The molecule has 0 saturated heterocycles. The number of aromatic nitrogens is 2. The molecule has 0 aliphatic carbocycles. The van der Waals surface area contributed by atoms with Crippen LogP contribution in [0.4, 0.5) is 10.1 Å². The largest absolute Gasteiger partial charge is 0.316 e. The van der Waals surface area contributed by atoms with Crippen LogP contribution in [0.1, 0.15) is 0 Å². The maximum absolute atomic E-state index is 13.0. The van der Waals surface area contributed by atoms with Gasteiger partial charge in [0.1, 0.15) is 5.82 Å². The third-order valence-electron chi connectivity index (χ3n) is 3.81. The molecule has 0 amide bonds. The molecule has 0 fully saturated rings. The lowest BCUT2D eigenvalue weighted by atomic mass is 10.2. The van der Waals surface area contributed by atoms with Crippen molar-refractivity contribution < 1.29 is 9.31 Å². The van der Waals surface area contributed by atoms with Crippen LogP contribution in [0.2, 0.25) is 0 Å². The highest BCUT2D eigenvalue weighted by Gasteiger charge is 2.20. The topological polar surface area (TPSA) is 87.1 Å². The number of rotatable bonds is 3. The molecule has 128 valence electrons. The summed E-state index contributed by atoms with van der Waals surface area (Å²) < 4.78 is 15.3. The van der Waals surface area contributed by atoms with Crippen LogP contribution in [0.3, 0.4) is 0 Å². The molecule has 3 rings (SSSR count). The van der Waals surface area contributed by atoms with Gasteiger partial charge in [0.25, 0.3) is 5.69 Å². The minimum absolute atomic E-state index is 0.199. The third-order valence-corrected chi connectivity index (χ3v) is 4.86. The Kier molecular flexibility index (Phi) is 4.17. The van der Waals surface area contributed by atoms with Gasteiger partial charge in [-0.15, -0.1) is 0 Å². The fraction of sp³-hybridized carbons (Fsp3) is 0.125. The lowest BCUT2D eigenvalue weighted by molar-refractivity contribution is -0.387. The Bertz CT molecular complexity index is 1120. The Balaban J connectivity index is 2.28. The number of halogens is 1. The van der Waals surface area contributed by atoms with E-state index in [9.17, 15) is 24.1 Å². The zero-order valence-electron chi connectivity index (χ0n) is 13.2. The Morgan fingerprint density at radius 2 is 1.52 bits per heavy atom. The Morgan fingerprint density at radius 1 is 1.00 bits per heavy atom. The molecular formula is C16H12FN3O4S. The minimum atomic E-state index is -0.761. The number of hydrogen-bond acceptors (Lipinski definition) is 5. The van der Waals surface area contributed by atoms with Gasteiger partial charge in [0.15, 0.2) is 0 Å². The third kappa shape index (κ3) is 2.93.